The van der Waals surface area contributed by atoms with Crippen LogP contribution in [-0.2, 0) is 17.9 Å². The molecule has 0 heterocycles. The summed E-state index contributed by atoms with van der Waals surface area (Å²) in [5.41, 5.74) is 3.72. The number of benzene rings is 2. The summed E-state index contributed by atoms with van der Waals surface area (Å²) in [6.07, 6.45) is 0. The fourth-order valence-electron chi connectivity index (χ4n) is 2.32. The monoisotopic (exact) mass is 285 g/mol. The van der Waals surface area contributed by atoms with Gasteiger partial charge in [-0.05, 0) is 35.7 Å². The summed E-state index contributed by atoms with van der Waals surface area (Å²) in [4.78, 5) is 0. The van der Waals surface area contributed by atoms with Gasteiger partial charge in [-0.25, -0.2) is 0 Å². The molecule has 21 heavy (non-hydrogen) atoms. The van der Waals surface area contributed by atoms with Gasteiger partial charge in [0, 0.05) is 19.7 Å². The van der Waals surface area contributed by atoms with Gasteiger partial charge in [-0.2, -0.15) is 0 Å². The van der Waals surface area contributed by atoms with Gasteiger partial charge in [-0.15, -0.1) is 0 Å². The van der Waals surface area contributed by atoms with E-state index in [9.17, 15) is 0 Å². The number of hydrogen-bond donors (Lipinski definition) is 1. The first-order valence-corrected chi connectivity index (χ1v) is 7.17. The zero-order chi connectivity index (χ0) is 15.1. The standard InChI is InChI=1S/C18H23NO2/c1-14(15-9-6-10-18(11-15)21-3)19-12-16-7-4-5-8-17(16)13-20-2/h4-11,14,19H,12-13H2,1-3H3/t14-/m0/s1. The molecule has 0 aromatic heterocycles. The molecule has 0 radical (unpaired) electrons. The van der Waals surface area contributed by atoms with Crippen LogP contribution in [-0.4, -0.2) is 14.2 Å². The second-order valence-corrected chi connectivity index (χ2v) is 5.08. The van der Waals surface area contributed by atoms with E-state index in [1.165, 1.54) is 16.7 Å². The second-order valence-electron chi connectivity index (χ2n) is 5.08. The predicted octanol–water partition coefficient (Wildman–Crippen LogP) is 3.69. The van der Waals surface area contributed by atoms with E-state index in [0.29, 0.717) is 6.61 Å². The van der Waals surface area contributed by atoms with Gasteiger partial charge in [-0.3, -0.25) is 0 Å². The molecule has 1 N–H and O–H groups in total. The van der Waals surface area contributed by atoms with E-state index in [4.69, 9.17) is 9.47 Å². The van der Waals surface area contributed by atoms with Crippen molar-refractivity contribution in [1.82, 2.24) is 5.32 Å². The lowest BCUT2D eigenvalue weighted by atomic mass is 10.1. The van der Waals surface area contributed by atoms with Crippen molar-refractivity contribution in [3.05, 3.63) is 65.2 Å². The van der Waals surface area contributed by atoms with Crippen LogP contribution in [0.1, 0.15) is 29.7 Å². The van der Waals surface area contributed by atoms with Gasteiger partial charge in [0.1, 0.15) is 5.75 Å². The third-order valence-corrected chi connectivity index (χ3v) is 3.61. The molecule has 0 aliphatic heterocycles. The van der Waals surface area contributed by atoms with Crippen LogP contribution in [0, 0.1) is 0 Å². The van der Waals surface area contributed by atoms with Crippen LogP contribution in [0.2, 0.25) is 0 Å². The number of methoxy groups -OCH3 is 2. The first-order valence-electron chi connectivity index (χ1n) is 7.17. The Bertz CT molecular complexity index is 569. The minimum Gasteiger partial charge on any atom is -0.497 e. The normalized spacial score (nSPS) is 12.1. The molecule has 3 heteroatoms. The average molecular weight is 285 g/mol. The van der Waals surface area contributed by atoms with Crippen LogP contribution in [0.3, 0.4) is 0 Å². The van der Waals surface area contributed by atoms with Crippen molar-refractivity contribution < 1.29 is 9.47 Å². The Morgan fingerprint density at radius 1 is 1.00 bits per heavy atom. The molecular formula is C18H23NO2. The van der Waals surface area contributed by atoms with Gasteiger partial charge in [0.05, 0.1) is 13.7 Å². The number of rotatable bonds is 7. The summed E-state index contributed by atoms with van der Waals surface area (Å²) >= 11 is 0. The van der Waals surface area contributed by atoms with Gasteiger partial charge < -0.3 is 14.8 Å². The predicted molar refractivity (Wildman–Crippen MR) is 85.4 cm³/mol. The van der Waals surface area contributed by atoms with Crippen LogP contribution in [0.4, 0.5) is 0 Å². The van der Waals surface area contributed by atoms with Crippen molar-refractivity contribution >= 4 is 0 Å². The third kappa shape index (κ3) is 4.31. The van der Waals surface area contributed by atoms with Crippen molar-refractivity contribution in [2.75, 3.05) is 14.2 Å². The van der Waals surface area contributed by atoms with Crippen molar-refractivity contribution in [3.8, 4) is 5.75 Å². The fraction of sp³-hybridized carbons (Fsp3) is 0.333. The molecule has 0 spiro atoms. The maximum Gasteiger partial charge on any atom is 0.119 e. The highest BCUT2D eigenvalue weighted by Gasteiger charge is 2.07. The molecule has 2 aromatic carbocycles. The van der Waals surface area contributed by atoms with E-state index >= 15 is 0 Å². The van der Waals surface area contributed by atoms with Crippen LogP contribution >= 0.6 is 0 Å². The van der Waals surface area contributed by atoms with Gasteiger partial charge in [-0.1, -0.05) is 36.4 Å². The Morgan fingerprint density at radius 2 is 1.76 bits per heavy atom. The quantitative estimate of drug-likeness (QED) is 0.841. The van der Waals surface area contributed by atoms with Gasteiger partial charge in [0.2, 0.25) is 0 Å². The summed E-state index contributed by atoms with van der Waals surface area (Å²) in [5.74, 6) is 0.890. The minimum absolute atomic E-state index is 0.260. The van der Waals surface area contributed by atoms with E-state index in [1.807, 2.05) is 18.2 Å². The summed E-state index contributed by atoms with van der Waals surface area (Å²) in [6, 6.07) is 16.8. The van der Waals surface area contributed by atoms with Crippen LogP contribution in [0.15, 0.2) is 48.5 Å². The van der Waals surface area contributed by atoms with Crippen LogP contribution in [0.25, 0.3) is 0 Å². The molecule has 0 bridgehead atoms. The van der Waals surface area contributed by atoms with E-state index in [2.05, 4.69) is 42.6 Å². The lowest BCUT2D eigenvalue weighted by Gasteiger charge is -2.16. The smallest absolute Gasteiger partial charge is 0.119 e. The summed E-state index contributed by atoms with van der Waals surface area (Å²) in [6.45, 7) is 3.62. The lowest BCUT2D eigenvalue weighted by Crippen LogP contribution is -2.19. The molecule has 0 saturated heterocycles. The van der Waals surface area contributed by atoms with E-state index < -0.39 is 0 Å². The van der Waals surface area contributed by atoms with Gasteiger partial charge >= 0.3 is 0 Å². The van der Waals surface area contributed by atoms with Crippen LogP contribution < -0.4 is 10.1 Å². The highest BCUT2D eigenvalue weighted by atomic mass is 16.5. The lowest BCUT2D eigenvalue weighted by molar-refractivity contribution is 0.184. The van der Waals surface area contributed by atoms with Crippen molar-refractivity contribution in [2.45, 2.75) is 26.1 Å². The molecule has 0 aliphatic rings. The molecule has 1 atom stereocenters. The molecule has 0 fully saturated rings. The van der Waals surface area contributed by atoms with E-state index in [-0.39, 0.29) is 6.04 Å². The van der Waals surface area contributed by atoms with Crippen molar-refractivity contribution in [3.63, 3.8) is 0 Å². The molecule has 3 nitrogen and oxygen atoms in total. The molecule has 2 aromatic rings. The summed E-state index contributed by atoms with van der Waals surface area (Å²) in [7, 11) is 3.42. The number of nitrogens with one attached hydrogen (secondary N) is 1. The Labute approximate surface area is 126 Å². The van der Waals surface area contributed by atoms with Crippen LogP contribution in [0.5, 0.6) is 5.75 Å². The summed E-state index contributed by atoms with van der Waals surface area (Å²) in [5, 5.41) is 3.55. The Morgan fingerprint density at radius 3 is 2.48 bits per heavy atom. The second kappa shape index (κ2) is 7.81. The zero-order valence-corrected chi connectivity index (χ0v) is 12.9. The SMILES string of the molecule is COCc1ccccc1CN[C@@H](C)c1cccc(OC)c1. The van der Waals surface area contributed by atoms with Crippen molar-refractivity contribution in [1.29, 1.82) is 0 Å². The topological polar surface area (TPSA) is 30.5 Å². The molecule has 0 amide bonds. The number of hydrogen-bond acceptors (Lipinski definition) is 3. The largest absolute Gasteiger partial charge is 0.497 e. The molecule has 2 rings (SSSR count). The first-order chi connectivity index (χ1) is 10.2. The average Bonchev–Trinajstić information content (AvgIpc) is 2.54. The first kappa shape index (κ1) is 15.5. The molecule has 0 saturated carbocycles. The molecule has 0 unspecified atom stereocenters. The minimum atomic E-state index is 0.260. The van der Waals surface area contributed by atoms with Gasteiger partial charge in [0.15, 0.2) is 0 Å². The molecule has 0 aliphatic carbocycles. The maximum absolute atomic E-state index is 5.27. The molecular weight excluding hydrogens is 262 g/mol. The third-order valence-electron chi connectivity index (χ3n) is 3.61. The zero-order valence-electron chi connectivity index (χ0n) is 12.9. The van der Waals surface area contributed by atoms with E-state index in [0.717, 1.165) is 12.3 Å². The Hall–Kier alpha value is -1.84. The maximum atomic E-state index is 5.27. The highest BCUT2D eigenvalue weighted by molar-refractivity contribution is 5.31. The molecule has 112 valence electrons. The van der Waals surface area contributed by atoms with E-state index in [1.54, 1.807) is 14.2 Å². The summed E-state index contributed by atoms with van der Waals surface area (Å²) < 4.78 is 10.5. The number of ether oxygens (including phenoxy) is 2. The van der Waals surface area contributed by atoms with Crippen molar-refractivity contribution in [2.24, 2.45) is 0 Å². The fourth-order valence-corrected chi connectivity index (χ4v) is 2.32. The Kier molecular flexibility index (Phi) is 5.78. The van der Waals surface area contributed by atoms with Gasteiger partial charge in [0.25, 0.3) is 0 Å². The Balaban J connectivity index is 2.02. The highest BCUT2D eigenvalue weighted by Crippen LogP contribution is 2.19.